The second kappa shape index (κ2) is 6.64. The Kier molecular flexibility index (Phi) is 4.57. The molecule has 2 aromatic heterocycles. The average molecular weight is 351 g/mol. The first-order chi connectivity index (χ1) is 11.4. The van der Waals surface area contributed by atoms with Gasteiger partial charge in [0.15, 0.2) is 0 Å². The Morgan fingerprint density at radius 1 is 1.12 bits per heavy atom. The number of alkyl halides is 3. The van der Waals surface area contributed by atoms with Crippen LogP contribution in [0.25, 0.3) is 11.4 Å². The molecule has 0 aliphatic carbocycles. The predicted molar refractivity (Wildman–Crippen MR) is 83.2 cm³/mol. The van der Waals surface area contributed by atoms with Crippen LogP contribution in [0.5, 0.6) is 0 Å². The van der Waals surface area contributed by atoms with Crippen molar-refractivity contribution in [2.75, 3.05) is 0 Å². The summed E-state index contributed by atoms with van der Waals surface area (Å²) in [5, 5.41) is 4.41. The van der Waals surface area contributed by atoms with E-state index in [1.165, 1.54) is 23.9 Å². The van der Waals surface area contributed by atoms with Crippen molar-refractivity contribution in [3.63, 3.8) is 0 Å². The number of hydrogen-bond donors (Lipinski definition) is 0. The topological polar surface area (TPSA) is 51.8 Å². The number of benzene rings is 1. The highest BCUT2D eigenvalue weighted by Crippen LogP contribution is 2.34. The van der Waals surface area contributed by atoms with Gasteiger partial charge in [0.25, 0.3) is 0 Å². The van der Waals surface area contributed by atoms with Crippen LogP contribution in [-0.2, 0) is 6.18 Å². The van der Waals surface area contributed by atoms with Crippen LogP contribution >= 0.6 is 11.8 Å². The quantitative estimate of drug-likeness (QED) is 0.619. The van der Waals surface area contributed by atoms with Gasteiger partial charge in [0.1, 0.15) is 0 Å². The number of pyridine rings is 1. The molecule has 1 atom stereocenters. The molecule has 1 aromatic carbocycles. The summed E-state index contributed by atoms with van der Waals surface area (Å²) >= 11 is 1.43. The summed E-state index contributed by atoms with van der Waals surface area (Å²) in [7, 11) is 0. The zero-order chi connectivity index (χ0) is 17.2. The number of thioether (sulfide) groups is 1. The third-order valence-electron chi connectivity index (χ3n) is 3.17. The Balaban J connectivity index is 1.80. The van der Waals surface area contributed by atoms with E-state index in [9.17, 15) is 13.2 Å². The predicted octanol–water partition coefficient (Wildman–Crippen LogP) is 5.00. The van der Waals surface area contributed by atoms with Crippen LogP contribution in [0, 0.1) is 0 Å². The molecule has 3 rings (SSSR count). The van der Waals surface area contributed by atoms with Crippen molar-refractivity contribution in [3.05, 3.63) is 60.1 Å². The molecule has 0 fully saturated rings. The van der Waals surface area contributed by atoms with Crippen LogP contribution in [0.4, 0.5) is 13.2 Å². The minimum absolute atomic E-state index is 0.129. The first-order valence-electron chi connectivity index (χ1n) is 7.02. The van der Waals surface area contributed by atoms with Gasteiger partial charge in [0.05, 0.1) is 15.8 Å². The molecule has 0 N–H and O–H groups in total. The normalized spacial score (nSPS) is 13.0. The second-order valence-corrected chi connectivity index (χ2v) is 6.32. The summed E-state index contributed by atoms with van der Waals surface area (Å²) < 4.78 is 43.5. The summed E-state index contributed by atoms with van der Waals surface area (Å²) in [5.74, 6) is 0.461. The van der Waals surface area contributed by atoms with Crippen molar-refractivity contribution >= 4 is 11.8 Å². The van der Waals surface area contributed by atoms with E-state index in [4.69, 9.17) is 4.52 Å². The maximum atomic E-state index is 12.8. The lowest BCUT2D eigenvalue weighted by Gasteiger charge is -2.06. The first-order valence-corrected chi connectivity index (χ1v) is 7.90. The van der Waals surface area contributed by atoms with Crippen molar-refractivity contribution in [2.45, 2.75) is 23.4 Å². The lowest BCUT2D eigenvalue weighted by Crippen LogP contribution is -2.04. The van der Waals surface area contributed by atoms with Crippen LogP contribution < -0.4 is 0 Å². The summed E-state index contributed by atoms with van der Waals surface area (Å²) in [5.41, 5.74) is -0.489. The average Bonchev–Trinajstić information content (AvgIpc) is 3.05. The molecular formula is C16H12F3N3OS. The molecule has 0 aliphatic rings. The number of hydrogen-bond acceptors (Lipinski definition) is 5. The Morgan fingerprint density at radius 2 is 1.96 bits per heavy atom. The van der Waals surface area contributed by atoms with E-state index in [0.29, 0.717) is 5.89 Å². The van der Waals surface area contributed by atoms with E-state index in [0.717, 1.165) is 17.2 Å². The molecule has 0 saturated carbocycles. The highest BCUT2D eigenvalue weighted by atomic mass is 32.2. The largest absolute Gasteiger partial charge is 0.416 e. The lowest BCUT2D eigenvalue weighted by molar-refractivity contribution is -0.137. The minimum atomic E-state index is -4.41. The second-order valence-electron chi connectivity index (χ2n) is 4.96. The molecule has 2 heterocycles. The van der Waals surface area contributed by atoms with E-state index in [2.05, 4.69) is 15.1 Å². The summed E-state index contributed by atoms with van der Waals surface area (Å²) in [6.07, 6.45) is -2.73. The van der Waals surface area contributed by atoms with Gasteiger partial charge in [-0.3, -0.25) is 0 Å². The van der Waals surface area contributed by atoms with Crippen molar-refractivity contribution in [1.29, 1.82) is 0 Å². The van der Waals surface area contributed by atoms with E-state index < -0.39 is 11.7 Å². The van der Waals surface area contributed by atoms with Gasteiger partial charge >= 0.3 is 6.18 Å². The molecule has 0 saturated heterocycles. The van der Waals surface area contributed by atoms with Crippen molar-refractivity contribution < 1.29 is 17.7 Å². The summed E-state index contributed by atoms with van der Waals surface area (Å²) in [6, 6.07) is 10.4. The number of nitrogens with zero attached hydrogens (tertiary/aromatic N) is 3. The Bertz CT molecular complexity index is 821. The van der Waals surface area contributed by atoms with Gasteiger partial charge in [0, 0.05) is 11.8 Å². The zero-order valence-corrected chi connectivity index (χ0v) is 13.3. The Morgan fingerprint density at radius 3 is 2.67 bits per heavy atom. The van der Waals surface area contributed by atoms with Gasteiger partial charge in [-0.25, -0.2) is 4.98 Å². The van der Waals surface area contributed by atoms with Gasteiger partial charge in [-0.15, -0.1) is 0 Å². The highest BCUT2D eigenvalue weighted by molar-refractivity contribution is 7.99. The molecular weight excluding hydrogens is 339 g/mol. The van der Waals surface area contributed by atoms with Crippen LogP contribution in [0.3, 0.4) is 0 Å². The van der Waals surface area contributed by atoms with Crippen molar-refractivity contribution in [2.24, 2.45) is 0 Å². The SMILES string of the molecule is CC(Sc1ccccn1)c1nc(-c2cccc(C(F)(F)F)c2)no1. The van der Waals surface area contributed by atoms with Gasteiger partial charge in [0.2, 0.25) is 11.7 Å². The molecule has 0 spiro atoms. The minimum Gasteiger partial charge on any atom is -0.338 e. The molecule has 0 radical (unpaired) electrons. The van der Waals surface area contributed by atoms with Gasteiger partial charge in [-0.05, 0) is 31.2 Å². The number of aromatic nitrogens is 3. The van der Waals surface area contributed by atoms with Gasteiger partial charge < -0.3 is 4.52 Å². The monoisotopic (exact) mass is 351 g/mol. The van der Waals surface area contributed by atoms with E-state index in [-0.39, 0.29) is 16.6 Å². The standard InChI is InChI=1S/C16H12F3N3OS/c1-10(24-13-7-2-3-8-20-13)15-21-14(22-23-15)11-5-4-6-12(9-11)16(17,18)19/h2-10H,1H3. The smallest absolute Gasteiger partial charge is 0.338 e. The third kappa shape index (κ3) is 3.76. The van der Waals surface area contributed by atoms with E-state index >= 15 is 0 Å². The van der Waals surface area contributed by atoms with Crippen molar-refractivity contribution in [3.8, 4) is 11.4 Å². The molecule has 3 aromatic rings. The molecule has 0 amide bonds. The molecule has 1 unspecified atom stereocenters. The summed E-state index contributed by atoms with van der Waals surface area (Å²) in [4.78, 5) is 8.40. The van der Waals surface area contributed by atoms with Crippen LogP contribution in [0.15, 0.2) is 58.2 Å². The number of halogens is 3. The molecule has 8 heteroatoms. The zero-order valence-electron chi connectivity index (χ0n) is 12.5. The fraction of sp³-hybridized carbons (Fsp3) is 0.188. The molecule has 4 nitrogen and oxygen atoms in total. The maximum Gasteiger partial charge on any atom is 0.416 e. The van der Waals surface area contributed by atoms with Crippen molar-refractivity contribution in [1.82, 2.24) is 15.1 Å². The number of rotatable bonds is 4. The molecule has 124 valence electrons. The summed E-state index contributed by atoms with van der Waals surface area (Å²) in [6.45, 7) is 1.86. The molecule has 0 bridgehead atoms. The Hall–Kier alpha value is -2.35. The maximum absolute atomic E-state index is 12.8. The molecule has 24 heavy (non-hydrogen) atoms. The van der Waals surface area contributed by atoms with E-state index in [1.54, 1.807) is 6.20 Å². The van der Waals surface area contributed by atoms with Gasteiger partial charge in [-0.2, -0.15) is 18.2 Å². The Labute approximate surface area is 140 Å². The fourth-order valence-corrected chi connectivity index (χ4v) is 2.84. The van der Waals surface area contributed by atoms with Gasteiger partial charge in [-0.1, -0.05) is 35.1 Å². The highest BCUT2D eigenvalue weighted by Gasteiger charge is 2.30. The van der Waals surface area contributed by atoms with Crippen LogP contribution in [0.2, 0.25) is 0 Å². The lowest BCUT2D eigenvalue weighted by atomic mass is 10.1. The molecule has 0 aliphatic heterocycles. The van der Waals surface area contributed by atoms with Crippen LogP contribution in [0.1, 0.15) is 23.6 Å². The first kappa shape index (κ1) is 16.5. The van der Waals surface area contributed by atoms with E-state index in [1.807, 2.05) is 25.1 Å². The van der Waals surface area contributed by atoms with Crippen LogP contribution in [-0.4, -0.2) is 15.1 Å². The third-order valence-corrected chi connectivity index (χ3v) is 4.21. The fourth-order valence-electron chi connectivity index (χ4n) is 2.00.